The zero-order chi connectivity index (χ0) is 13.2. The number of aryl methyl sites for hydroxylation is 2. The summed E-state index contributed by atoms with van der Waals surface area (Å²) in [7, 11) is 0. The Kier molecular flexibility index (Phi) is 4.62. The lowest BCUT2D eigenvalue weighted by atomic mass is 9.80. The van der Waals surface area contributed by atoms with Crippen LogP contribution in [0.4, 0.5) is 0 Å². The summed E-state index contributed by atoms with van der Waals surface area (Å²) >= 11 is 6.29. The molecule has 1 heterocycles. The number of rotatable bonds is 5. The fourth-order valence-corrected chi connectivity index (χ4v) is 2.02. The molecule has 0 aliphatic carbocycles. The molecule has 0 spiro atoms. The van der Waals surface area contributed by atoms with E-state index in [9.17, 15) is 0 Å². The molecule has 1 atom stereocenters. The van der Waals surface area contributed by atoms with Crippen LogP contribution in [0.25, 0.3) is 0 Å². The zero-order valence-electron chi connectivity index (χ0n) is 11.5. The summed E-state index contributed by atoms with van der Waals surface area (Å²) in [5, 5.41) is 5.19. The Bertz CT molecular complexity index is 382. The third-order valence-corrected chi connectivity index (χ3v) is 4.27. The van der Waals surface area contributed by atoms with Gasteiger partial charge in [-0.3, -0.25) is 4.68 Å². The number of hydrogen-bond donors (Lipinski definition) is 1. The van der Waals surface area contributed by atoms with Crippen molar-refractivity contribution in [2.45, 2.75) is 60.0 Å². The number of hydrogen-bond acceptors (Lipinski definition) is 2. The van der Waals surface area contributed by atoms with Crippen LogP contribution in [0.15, 0.2) is 0 Å². The predicted octanol–water partition coefficient (Wildman–Crippen LogP) is 3.17. The molecule has 98 valence electrons. The average Bonchev–Trinajstić information content (AvgIpc) is 2.56. The molecular weight excluding hydrogens is 234 g/mol. The molecule has 1 rings (SSSR count). The highest BCUT2D eigenvalue weighted by molar-refractivity contribution is 6.31. The van der Waals surface area contributed by atoms with E-state index in [2.05, 4.69) is 32.8 Å². The molecule has 0 bridgehead atoms. The Hall–Kier alpha value is -0.540. The Morgan fingerprint density at radius 2 is 2.00 bits per heavy atom. The lowest BCUT2D eigenvalue weighted by Crippen LogP contribution is -2.39. The second kappa shape index (κ2) is 5.40. The molecule has 2 N–H and O–H groups in total. The molecule has 0 amide bonds. The van der Waals surface area contributed by atoms with Crippen molar-refractivity contribution >= 4 is 11.6 Å². The average molecular weight is 258 g/mol. The molecule has 0 aliphatic rings. The van der Waals surface area contributed by atoms with Gasteiger partial charge < -0.3 is 5.73 Å². The Morgan fingerprint density at radius 1 is 1.41 bits per heavy atom. The summed E-state index contributed by atoms with van der Waals surface area (Å²) in [6.45, 7) is 11.4. The van der Waals surface area contributed by atoms with E-state index in [4.69, 9.17) is 17.3 Å². The summed E-state index contributed by atoms with van der Waals surface area (Å²) in [5.74, 6) is 0. The van der Waals surface area contributed by atoms with E-state index >= 15 is 0 Å². The van der Waals surface area contributed by atoms with E-state index < -0.39 is 0 Å². The van der Waals surface area contributed by atoms with Crippen molar-refractivity contribution in [2.24, 2.45) is 11.1 Å². The third-order valence-electron chi connectivity index (χ3n) is 3.78. The largest absolute Gasteiger partial charge is 0.327 e. The molecule has 0 fully saturated rings. The summed E-state index contributed by atoms with van der Waals surface area (Å²) in [6, 6.07) is 0.103. The summed E-state index contributed by atoms with van der Waals surface area (Å²) in [6.07, 6.45) is 1.85. The molecule has 1 unspecified atom stereocenters. The van der Waals surface area contributed by atoms with Crippen LogP contribution in [0.5, 0.6) is 0 Å². The fraction of sp³-hybridized carbons (Fsp3) is 0.769. The van der Waals surface area contributed by atoms with Crippen LogP contribution in [0.1, 0.15) is 45.5 Å². The molecule has 17 heavy (non-hydrogen) atoms. The molecule has 0 radical (unpaired) electrons. The number of nitrogens with two attached hydrogens (primary N) is 1. The summed E-state index contributed by atoms with van der Waals surface area (Å²) < 4.78 is 1.96. The molecular formula is C13H24ClN3. The maximum atomic E-state index is 6.30. The summed E-state index contributed by atoms with van der Waals surface area (Å²) in [4.78, 5) is 0. The summed E-state index contributed by atoms with van der Waals surface area (Å²) in [5.41, 5.74) is 8.38. The molecule has 1 aromatic heterocycles. The van der Waals surface area contributed by atoms with Crippen molar-refractivity contribution in [3.63, 3.8) is 0 Å². The first-order chi connectivity index (χ1) is 7.83. The van der Waals surface area contributed by atoms with Gasteiger partial charge in [0.1, 0.15) is 0 Å². The quantitative estimate of drug-likeness (QED) is 0.881. The Morgan fingerprint density at radius 3 is 2.47 bits per heavy atom. The molecule has 1 aromatic rings. The van der Waals surface area contributed by atoms with Crippen molar-refractivity contribution < 1.29 is 0 Å². The van der Waals surface area contributed by atoms with E-state index in [1.807, 2.05) is 11.6 Å². The van der Waals surface area contributed by atoms with Gasteiger partial charge >= 0.3 is 0 Å². The van der Waals surface area contributed by atoms with Gasteiger partial charge in [-0.15, -0.1) is 0 Å². The predicted molar refractivity (Wildman–Crippen MR) is 73.4 cm³/mol. The number of halogens is 1. The maximum Gasteiger partial charge on any atom is 0.0847 e. The van der Waals surface area contributed by atoms with Gasteiger partial charge in [0.05, 0.1) is 16.4 Å². The molecule has 0 aliphatic heterocycles. The molecule has 0 saturated heterocycles. The molecule has 3 nitrogen and oxygen atoms in total. The minimum atomic E-state index is 0.103. The van der Waals surface area contributed by atoms with Crippen molar-refractivity contribution in [2.75, 3.05) is 0 Å². The first kappa shape index (κ1) is 14.5. The van der Waals surface area contributed by atoms with E-state index in [0.29, 0.717) is 0 Å². The number of nitrogens with zero attached hydrogens (tertiary/aromatic N) is 2. The molecule has 0 saturated carbocycles. The van der Waals surface area contributed by atoms with Gasteiger partial charge in [0.15, 0.2) is 0 Å². The maximum absolute atomic E-state index is 6.30. The van der Waals surface area contributed by atoms with Gasteiger partial charge in [-0.2, -0.15) is 5.10 Å². The van der Waals surface area contributed by atoms with Crippen LogP contribution in [0.2, 0.25) is 5.02 Å². The van der Waals surface area contributed by atoms with Crippen LogP contribution >= 0.6 is 11.6 Å². The Balaban J connectivity index is 2.95. The number of aromatic nitrogens is 2. The smallest absolute Gasteiger partial charge is 0.0847 e. The van der Waals surface area contributed by atoms with Crippen LogP contribution in [-0.2, 0) is 13.0 Å². The van der Waals surface area contributed by atoms with Gasteiger partial charge in [-0.25, -0.2) is 0 Å². The highest BCUT2D eigenvalue weighted by Gasteiger charge is 2.27. The van der Waals surface area contributed by atoms with Crippen LogP contribution in [-0.4, -0.2) is 15.8 Å². The van der Waals surface area contributed by atoms with Gasteiger partial charge in [0, 0.05) is 19.0 Å². The first-order valence-corrected chi connectivity index (χ1v) is 6.68. The monoisotopic (exact) mass is 257 g/mol. The standard InChI is InChI=1S/C13H24ClN3/c1-6-13(4,5)11(15)8-10-12(14)9(3)16-17(10)7-2/h11H,6-8,15H2,1-5H3. The highest BCUT2D eigenvalue weighted by atomic mass is 35.5. The van der Waals surface area contributed by atoms with E-state index in [1.54, 1.807) is 0 Å². The second-order valence-corrected chi connectivity index (χ2v) is 5.69. The second-order valence-electron chi connectivity index (χ2n) is 5.31. The normalized spacial score (nSPS) is 14.1. The topological polar surface area (TPSA) is 43.8 Å². The van der Waals surface area contributed by atoms with E-state index in [1.165, 1.54) is 0 Å². The minimum absolute atomic E-state index is 0.103. The van der Waals surface area contributed by atoms with E-state index in [0.717, 1.165) is 35.8 Å². The van der Waals surface area contributed by atoms with Gasteiger partial charge in [-0.1, -0.05) is 32.4 Å². The SMILES string of the molecule is CCn1nc(C)c(Cl)c1CC(N)C(C)(C)CC. The van der Waals surface area contributed by atoms with Crippen molar-refractivity contribution in [1.82, 2.24) is 9.78 Å². The third kappa shape index (κ3) is 3.02. The molecule has 0 aromatic carbocycles. The lowest BCUT2D eigenvalue weighted by Gasteiger charge is -2.30. The van der Waals surface area contributed by atoms with Gasteiger partial charge in [0.2, 0.25) is 0 Å². The van der Waals surface area contributed by atoms with Crippen molar-refractivity contribution in [3.8, 4) is 0 Å². The van der Waals surface area contributed by atoms with Crippen LogP contribution in [0.3, 0.4) is 0 Å². The van der Waals surface area contributed by atoms with Crippen LogP contribution in [0, 0.1) is 12.3 Å². The van der Waals surface area contributed by atoms with Gasteiger partial charge in [-0.05, 0) is 25.7 Å². The minimum Gasteiger partial charge on any atom is -0.327 e. The first-order valence-electron chi connectivity index (χ1n) is 6.30. The zero-order valence-corrected chi connectivity index (χ0v) is 12.3. The Labute approximate surface area is 109 Å². The lowest BCUT2D eigenvalue weighted by molar-refractivity contribution is 0.269. The van der Waals surface area contributed by atoms with Gasteiger partial charge in [0.25, 0.3) is 0 Å². The fourth-order valence-electron chi connectivity index (χ4n) is 1.81. The highest BCUT2D eigenvalue weighted by Crippen LogP contribution is 2.29. The van der Waals surface area contributed by atoms with Crippen LogP contribution < -0.4 is 5.73 Å². The van der Waals surface area contributed by atoms with Crippen molar-refractivity contribution in [1.29, 1.82) is 0 Å². The van der Waals surface area contributed by atoms with Crippen molar-refractivity contribution in [3.05, 3.63) is 16.4 Å². The van der Waals surface area contributed by atoms with E-state index in [-0.39, 0.29) is 11.5 Å². The molecule has 4 heteroatoms.